The third-order valence-corrected chi connectivity index (χ3v) is 3.33. The van der Waals surface area contributed by atoms with Gasteiger partial charge in [-0.15, -0.1) is 0 Å². The summed E-state index contributed by atoms with van der Waals surface area (Å²) in [7, 11) is 0. The number of carbonyl (C=O) groups excluding carboxylic acids is 1. The average molecular weight is 279 g/mol. The largest absolute Gasteiger partial charge is 0.355 e. The predicted octanol–water partition coefficient (Wildman–Crippen LogP) is 3.46. The number of rotatable bonds is 5. The first kappa shape index (κ1) is 13.9. The van der Waals surface area contributed by atoms with Crippen LogP contribution in [0.2, 0.25) is 5.02 Å². The van der Waals surface area contributed by atoms with Crippen LogP contribution in [0.15, 0.2) is 30.5 Å². The van der Waals surface area contributed by atoms with E-state index in [0.717, 1.165) is 23.9 Å². The van der Waals surface area contributed by atoms with E-state index >= 15 is 0 Å². The number of hydrogen-bond acceptors (Lipinski definition) is 1. The average Bonchev–Trinajstić information content (AvgIpc) is 2.71. The minimum absolute atomic E-state index is 0.0492. The minimum atomic E-state index is 0.0492. The number of carbonyl (C=O) groups is 1. The van der Waals surface area contributed by atoms with Crippen molar-refractivity contribution >= 4 is 28.4 Å². The van der Waals surface area contributed by atoms with Gasteiger partial charge in [0.25, 0.3) is 0 Å². The Kier molecular flexibility index (Phi) is 4.48. The smallest absolute Gasteiger partial charge is 0.239 e. The van der Waals surface area contributed by atoms with Gasteiger partial charge in [0.15, 0.2) is 0 Å². The molecule has 0 aliphatic heterocycles. The molecule has 0 radical (unpaired) electrons. The minimum Gasteiger partial charge on any atom is -0.355 e. The summed E-state index contributed by atoms with van der Waals surface area (Å²) in [5.74, 6) is 0.656. The van der Waals surface area contributed by atoms with E-state index in [9.17, 15) is 4.79 Å². The van der Waals surface area contributed by atoms with Gasteiger partial charge >= 0.3 is 0 Å². The summed E-state index contributed by atoms with van der Waals surface area (Å²) >= 11 is 5.94. The Morgan fingerprint density at radius 3 is 2.89 bits per heavy atom. The molecule has 1 heterocycles. The Bertz CT molecular complexity index is 575. The number of amides is 1. The molecule has 2 aromatic rings. The Morgan fingerprint density at radius 2 is 2.16 bits per heavy atom. The highest BCUT2D eigenvalue weighted by Crippen LogP contribution is 2.20. The van der Waals surface area contributed by atoms with Crippen LogP contribution < -0.4 is 5.32 Å². The normalized spacial score (nSPS) is 11.2. The van der Waals surface area contributed by atoms with Gasteiger partial charge in [-0.05, 0) is 36.6 Å². The quantitative estimate of drug-likeness (QED) is 0.893. The van der Waals surface area contributed by atoms with Gasteiger partial charge in [0.2, 0.25) is 5.91 Å². The van der Waals surface area contributed by atoms with Crippen molar-refractivity contribution in [1.29, 1.82) is 0 Å². The summed E-state index contributed by atoms with van der Waals surface area (Å²) in [5.41, 5.74) is 1.03. The molecular weight excluding hydrogens is 260 g/mol. The molecule has 0 bridgehead atoms. The van der Waals surface area contributed by atoms with Gasteiger partial charge in [0, 0.05) is 28.7 Å². The van der Waals surface area contributed by atoms with Gasteiger partial charge in [0.1, 0.15) is 6.54 Å². The molecule has 0 saturated carbocycles. The number of benzene rings is 1. The Hall–Kier alpha value is -1.48. The second kappa shape index (κ2) is 6.11. The number of halogens is 1. The lowest BCUT2D eigenvalue weighted by Gasteiger charge is -2.08. The van der Waals surface area contributed by atoms with E-state index < -0.39 is 0 Å². The maximum absolute atomic E-state index is 11.8. The van der Waals surface area contributed by atoms with E-state index in [1.807, 2.05) is 35.0 Å². The molecule has 0 aliphatic rings. The lowest BCUT2D eigenvalue weighted by atomic mass is 10.1. The fourth-order valence-corrected chi connectivity index (χ4v) is 2.20. The zero-order valence-electron chi connectivity index (χ0n) is 11.3. The summed E-state index contributed by atoms with van der Waals surface area (Å²) in [6, 6.07) is 7.67. The first-order chi connectivity index (χ1) is 9.06. The molecule has 1 aromatic carbocycles. The molecule has 4 heteroatoms. The molecule has 1 amide bonds. The van der Waals surface area contributed by atoms with Crippen molar-refractivity contribution in [3.05, 3.63) is 35.5 Å². The van der Waals surface area contributed by atoms with Crippen LogP contribution in [-0.2, 0) is 11.3 Å². The van der Waals surface area contributed by atoms with Crippen molar-refractivity contribution in [3.63, 3.8) is 0 Å². The van der Waals surface area contributed by atoms with E-state index in [2.05, 4.69) is 19.2 Å². The third-order valence-electron chi connectivity index (χ3n) is 3.09. The van der Waals surface area contributed by atoms with Crippen LogP contribution in [0.4, 0.5) is 0 Å². The molecule has 1 aromatic heterocycles. The van der Waals surface area contributed by atoms with Gasteiger partial charge in [-0.1, -0.05) is 25.4 Å². The summed E-state index contributed by atoms with van der Waals surface area (Å²) in [5, 5.41) is 4.71. The predicted molar refractivity (Wildman–Crippen MR) is 79.4 cm³/mol. The SMILES string of the molecule is CC(C)CCNC(=O)Cn1ccc2cc(Cl)ccc21. The topological polar surface area (TPSA) is 34.0 Å². The van der Waals surface area contributed by atoms with Gasteiger partial charge in [-0.2, -0.15) is 0 Å². The van der Waals surface area contributed by atoms with Crippen LogP contribution in [0.25, 0.3) is 10.9 Å². The Balaban J connectivity index is 1.99. The maximum Gasteiger partial charge on any atom is 0.239 e. The maximum atomic E-state index is 11.8. The van der Waals surface area contributed by atoms with Gasteiger partial charge in [-0.3, -0.25) is 4.79 Å². The van der Waals surface area contributed by atoms with E-state index in [0.29, 0.717) is 17.5 Å². The van der Waals surface area contributed by atoms with E-state index in [-0.39, 0.29) is 5.91 Å². The molecule has 102 valence electrons. The molecule has 0 atom stereocenters. The highest BCUT2D eigenvalue weighted by molar-refractivity contribution is 6.31. The summed E-state index contributed by atoms with van der Waals surface area (Å²) in [4.78, 5) is 11.8. The molecule has 0 spiro atoms. The van der Waals surface area contributed by atoms with Crippen molar-refractivity contribution in [1.82, 2.24) is 9.88 Å². The first-order valence-corrected chi connectivity index (χ1v) is 6.95. The van der Waals surface area contributed by atoms with Crippen LogP contribution in [0.1, 0.15) is 20.3 Å². The molecule has 0 aliphatic carbocycles. The highest BCUT2D eigenvalue weighted by Gasteiger charge is 2.06. The molecule has 0 unspecified atom stereocenters. The molecule has 1 N–H and O–H groups in total. The van der Waals surface area contributed by atoms with Crippen LogP contribution in [0.5, 0.6) is 0 Å². The second-order valence-corrected chi connectivity index (χ2v) is 5.62. The molecule has 19 heavy (non-hydrogen) atoms. The second-order valence-electron chi connectivity index (χ2n) is 5.18. The molecule has 3 nitrogen and oxygen atoms in total. The standard InChI is InChI=1S/C15H19ClN2O/c1-11(2)5-7-17-15(19)10-18-8-6-12-9-13(16)3-4-14(12)18/h3-4,6,8-9,11H,5,7,10H2,1-2H3,(H,17,19). The number of nitrogens with zero attached hydrogens (tertiary/aromatic N) is 1. The Labute approximate surface area is 118 Å². The lowest BCUT2D eigenvalue weighted by molar-refractivity contribution is -0.121. The van der Waals surface area contributed by atoms with Crippen molar-refractivity contribution in [2.24, 2.45) is 5.92 Å². The van der Waals surface area contributed by atoms with E-state index in [1.54, 1.807) is 0 Å². The van der Waals surface area contributed by atoms with Gasteiger partial charge < -0.3 is 9.88 Å². The van der Waals surface area contributed by atoms with E-state index in [1.165, 1.54) is 0 Å². The summed E-state index contributed by atoms with van der Waals surface area (Å²) in [6.07, 6.45) is 2.93. The molecule has 2 rings (SSSR count). The van der Waals surface area contributed by atoms with Crippen LogP contribution in [0, 0.1) is 5.92 Å². The van der Waals surface area contributed by atoms with Crippen LogP contribution >= 0.6 is 11.6 Å². The van der Waals surface area contributed by atoms with Gasteiger partial charge in [-0.25, -0.2) is 0 Å². The summed E-state index contributed by atoms with van der Waals surface area (Å²) < 4.78 is 1.94. The monoisotopic (exact) mass is 278 g/mol. The van der Waals surface area contributed by atoms with Crippen molar-refractivity contribution in [2.75, 3.05) is 6.54 Å². The Morgan fingerprint density at radius 1 is 1.37 bits per heavy atom. The fourth-order valence-electron chi connectivity index (χ4n) is 2.02. The number of aromatic nitrogens is 1. The number of nitrogens with one attached hydrogen (secondary N) is 1. The van der Waals surface area contributed by atoms with Crippen molar-refractivity contribution in [3.8, 4) is 0 Å². The van der Waals surface area contributed by atoms with E-state index in [4.69, 9.17) is 11.6 Å². The lowest BCUT2D eigenvalue weighted by Crippen LogP contribution is -2.28. The third kappa shape index (κ3) is 3.74. The number of fused-ring (bicyclic) bond motifs is 1. The van der Waals surface area contributed by atoms with Crippen molar-refractivity contribution < 1.29 is 4.79 Å². The molecule has 0 saturated heterocycles. The summed E-state index contributed by atoms with van der Waals surface area (Å²) in [6.45, 7) is 5.38. The van der Waals surface area contributed by atoms with Crippen molar-refractivity contribution in [2.45, 2.75) is 26.8 Å². The van der Waals surface area contributed by atoms with Crippen LogP contribution in [0.3, 0.4) is 0 Å². The van der Waals surface area contributed by atoms with Gasteiger partial charge in [0.05, 0.1) is 0 Å². The number of hydrogen-bond donors (Lipinski definition) is 1. The zero-order chi connectivity index (χ0) is 13.8. The first-order valence-electron chi connectivity index (χ1n) is 6.57. The molecular formula is C15H19ClN2O. The van der Waals surface area contributed by atoms with Crippen LogP contribution in [-0.4, -0.2) is 17.0 Å². The highest BCUT2D eigenvalue weighted by atomic mass is 35.5. The fraction of sp³-hybridized carbons (Fsp3) is 0.400. The zero-order valence-corrected chi connectivity index (χ0v) is 12.1. The molecule has 0 fully saturated rings.